The van der Waals surface area contributed by atoms with Gasteiger partial charge in [-0.3, -0.25) is 0 Å². The lowest BCUT2D eigenvalue weighted by Crippen LogP contribution is -2.50. The van der Waals surface area contributed by atoms with Crippen LogP contribution < -0.4 is 11.1 Å². The molecular weight excluding hydrogens is 333 g/mol. The number of benzene rings is 1. The molecule has 7 heteroatoms. The third kappa shape index (κ3) is 5.49. The van der Waals surface area contributed by atoms with E-state index in [1.807, 2.05) is 6.08 Å². The Kier molecular flexibility index (Phi) is 5.46. The molecule has 25 heavy (non-hydrogen) atoms. The molecule has 1 aromatic carbocycles. The van der Waals surface area contributed by atoms with Crippen molar-refractivity contribution >= 4 is 11.7 Å². The highest BCUT2D eigenvalue weighted by Gasteiger charge is 2.31. The minimum Gasteiger partial charge on any atom is -0.444 e. The Morgan fingerprint density at radius 1 is 1.28 bits per heavy atom. The summed E-state index contributed by atoms with van der Waals surface area (Å²) in [6.45, 7) is 5.29. The van der Waals surface area contributed by atoms with Gasteiger partial charge < -0.3 is 15.8 Å². The maximum atomic E-state index is 12.8. The van der Waals surface area contributed by atoms with E-state index >= 15 is 0 Å². The average Bonchev–Trinajstić information content (AvgIpc) is 2.46. The molecule has 138 valence electrons. The number of nitrogens with one attached hydrogen (secondary N) is 1. The lowest BCUT2D eigenvalue weighted by atomic mass is 9.87. The van der Waals surface area contributed by atoms with Crippen LogP contribution >= 0.6 is 0 Å². The van der Waals surface area contributed by atoms with Crippen LogP contribution in [0.1, 0.15) is 44.7 Å². The van der Waals surface area contributed by atoms with Gasteiger partial charge in [0.05, 0.1) is 11.6 Å². The summed E-state index contributed by atoms with van der Waals surface area (Å²) in [5.41, 5.74) is 6.07. The van der Waals surface area contributed by atoms with Crippen molar-refractivity contribution in [1.82, 2.24) is 5.32 Å². The van der Waals surface area contributed by atoms with Gasteiger partial charge in [0.2, 0.25) is 0 Å². The van der Waals surface area contributed by atoms with E-state index in [-0.39, 0.29) is 6.04 Å². The summed E-state index contributed by atoms with van der Waals surface area (Å²) in [6.07, 6.45) is -2.30. The summed E-state index contributed by atoms with van der Waals surface area (Å²) in [7, 11) is 0. The van der Waals surface area contributed by atoms with Crippen molar-refractivity contribution in [1.29, 1.82) is 0 Å². The predicted octanol–water partition coefficient (Wildman–Crippen LogP) is 4.10. The zero-order chi connectivity index (χ0) is 18.8. The molecule has 0 saturated heterocycles. The second-order valence-electron chi connectivity index (χ2n) is 7.16. The summed E-state index contributed by atoms with van der Waals surface area (Å²) in [5, 5.41) is 2.72. The molecule has 0 aromatic heterocycles. The molecule has 2 atom stereocenters. The fourth-order valence-corrected chi connectivity index (χ4v) is 2.68. The molecule has 1 aliphatic carbocycles. The van der Waals surface area contributed by atoms with Gasteiger partial charge in [-0.2, -0.15) is 13.2 Å². The Morgan fingerprint density at radius 2 is 1.96 bits per heavy atom. The normalized spacial score (nSPS) is 21.5. The Labute approximate surface area is 145 Å². The molecule has 0 fully saturated rings. The minimum absolute atomic E-state index is 0.315. The molecule has 4 nitrogen and oxygen atoms in total. The first-order valence-corrected chi connectivity index (χ1v) is 8.07. The molecule has 0 unspecified atom stereocenters. The SMILES string of the molecule is CC(C)(C)OC(=O)N[C@@H]1CC=C(c2cccc(C(F)(F)F)c2)C[C@H]1N. The van der Waals surface area contributed by atoms with E-state index in [9.17, 15) is 18.0 Å². The second kappa shape index (κ2) is 7.07. The molecule has 3 N–H and O–H groups in total. The van der Waals surface area contributed by atoms with E-state index in [1.54, 1.807) is 26.8 Å². The smallest absolute Gasteiger partial charge is 0.416 e. The first-order chi connectivity index (χ1) is 11.5. The van der Waals surface area contributed by atoms with Crippen molar-refractivity contribution < 1.29 is 22.7 Å². The number of hydrogen-bond acceptors (Lipinski definition) is 3. The molecule has 2 rings (SSSR count). The van der Waals surface area contributed by atoms with Crippen LogP contribution in [0.25, 0.3) is 5.57 Å². The topological polar surface area (TPSA) is 64.3 Å². The van der Waals surface area contributed by atoms with Gasteiger partial charge in [-0.15, -0.1) is 0 Å². The van der Waals surface area contributed by atoms with Crippen LogP contribution in [0.2, 0.25) is 0 Å². The van der Waals surface area contributed by atoms with Crippen molar-refractivity contribution in [2.24, 2.45) is 5.73 Å². The maximum absolute atomic E-state index is 12.8. The molecule has 0 aliphatic heterocycles. The maximum Gasteiger partial charge on any atom is 0.416 e. The van der Waals surface area contributed by atoms with Crippen LogP contribution in [-0.4, -0.2) is 23.8 Å². The van der Waals surface area contributed by atoms with Crippen molar-refractivity contribution in [2.75, 3.05) is 0 Å². The van der Waals surface area contributed by atoms with Crippen LogP contribution in [0.3, 0.4) is 0 Å². The largest absolute Gasteiger partial charge is 0.444 e. The van der Waals surface area contributed by atoms with E-state index in [4.69, 9.17) is 10.5 Å². The third-order valence-corrected chi connectivity index (χ3v) is 3.85. The predicted molar refractivity (Wildman–Crippen MR) is 89.8 cm³/mol. The summed E-state index contributed by atoms with van der Waals surface area (Å²) in [4.78, 5) is 11.8. The lowest BCUT2D eigenvalue weighted by Gasteiger charge is -2.30. The summed E-state index contributed by atoms with van der Waals surface area (Å²) in [6, 6.07) is 4.47. The van der Waals surface area contributed by atoms with Crippen molar-refractivity contribution in [3.05, 3.63) is 41.5 Å². The molecule has 0 spiro atoms. The minimum atomic E-state index is -4.38. The number of carbonyl (C=O) groups excluding carboxylic acids is 1. The van der Waals surface area contributed by atoms with Gasteiger partial charge in [-0.05, 0) is 56.9 Å². The summed E-state index contributed by atoms with van der Waals surface area (Å²) in [5.74, 6) is 0. The number of nitrogens with two attached hydrogens (primary N) is 1. The molecule has 0 radical (unpaired) electrons. The van der Waals surface area contributed by atoms with Gasteiger partial charge in [0, 0.05) is 6.04 Å². The van der Waals surface area contributed by atoms with E-state index in [0.29, 0.717) is 18.4 Å². The van der Waals surface area contributed by atoms with Crippen LogP contribution in [0.5, 0.6) is 0 Å². The Hall–Kier alpha value is -2.02. The molecule has 1 amide bonds. The van der Waals surface area contributed by atoms with Gasteiger partial charge in [0.1, 0.15) is 5.60 Å². The highest BCUT2D eigenvalue weighted by Crippen LogP contribution is 2.33. The van der Waals surface area contributed by atoms with Gasteiger partial charge in [-0.1, -0.05) is 18.2 Å². The van der Waals surface area contributed by atoms with Crippen LogP contribution in [0, 0.1) is 0 Å². The van der Waals surface area contributed by atoms with E-state index in [1.165, 1.54) is 6.07 Å². The number of alkyl halides is 3. The molecule has 0 heterocycles. The van der Waals surface area contributed by atoms with Gasteiger partial charge >= 0.3 is 12.3 Å². The van der Waals surface area contributed by atoms with Crippen LogP contribution in [0.4, 0.5) is 18.0 Å². The van der Waals surface area contributed by atoms with E-state index < -0.39 is 29.5 Å². The van der Waals surface area contributed by atoms with E-state index in [0.717, 1.165) is 17.7 Å². The molecule has 1 aromatic rings. The quantitative estimate of drug-likeness (QED) is 0.838. The number of ether oxygens (including phenoxy) is 1. The van der Waals surface area contributed by atoms with Crippen molar-refractivity contribution in [3.63, 3.8) is 0 Å². The highest BCUT2D eigenvalue weighted by atomic mass is 19.4. The number of amides is 1. The highest BCUT2D eigenvalue weighted by molar-refractivity contribution is 5.70. The molecule has 0 bridgehead atoms. The fourth-order valence-electron chi connectivity index (χ4n) is 2.68. The van der Waals surface area contributed by atoms with Crippen LogP contribution in [-0.2, 0) is 10.9 Å². The van der Waals surface area contributed by atoms with Gasteiger partial charge in [-0.25, -0.2) is 4.79 Å². The average molecular weight is 356 g/mol. The monoisotopic (exact) mass is 356 g/mol. The van der Waals surface area contributed by atoms with Crippen molar-refractivity contribution in [2.45, 2.75) is 57.5 Å². The lowest BCUT2D eigenvalue weighted by molar-refractivity contribution is -0.137. The first kappa shape index (κ1) is 19.3. The Morgan fingerprint density at radius 3 is 2.52 bits per heavy atom. The number of halogens is 3. The zero-order valence-electron chi connectivity index (χ0n) is 14.5. The molecule has 0 saturated carbocycles. The number of carbonyl (C=O) groups is 1. The molecular formula is C18H23F3N2O2. The zero-order valence-corrected chi connectivity index (χ0v) is 14.5. The number of rotatable bonds is 2. The van der Waals surface area contributed by atoms with Gasteiger partial charge in [0.25, 0.3) is 0 Å². The van der Waals surface area contributed by atoms with Crippen LogP contribution in [0.15, 0.2) is 30.3 Å². The van der Waals surface area contributed by atoms with Gasteiger partial charge in [0.15, 0.2) is 0 Å². The summed E-state index contributed by atoms with van der Waals surface area (Å²) < 4.78 is 43.7. The number of alkyl carbamates (subject to hydrolysis) is 1. The van der Waals surface area contributed by atoms with Crippen molar-refractivity contribution in [3.8, 4) is 0 Å². The Balaban J connectivity index is 2.08. The van der Waals surface area contributed by atoms with E-state index in [2.05, 4.69) is 5.32 Å². The Bertz CT molecular complexity index is 663. The third-order valence-electron chi connectivity index (χ3n) is 3.85. The number of hydrogen-bond donors (Lipinski definition) is 2. The second-order valence-corrected chi connectivity index (χ2v) is 7.16. The summed E-state index contributed by atoms with van der Waals surface area (Å²) >= 11 is 0. The fraction of sp³-hybridized carbons (Fsp3) is 0.500. The standard InChI is InChI=1S/C18H23F3N2O2/c1-17(2,3)25-16(24)23-15-8-7-12(10-14(15)22)11-5-4-6-13(9-11)18(19,20)21/h4-7,9,14-15H,8,10,22H2,1-3H3,(H,23,24)/t14-,15-/m1/s1. The molecule has 1 aliphatic rings. The first-order valence-electron chi connectivity index (χ1n) is 8.07.